The Morgan fingerprint density at radius 1 is 1.37 bits per heavy atom. The lowest BCUT2D eigenvalue weighted by molar-refractivity contribution is -0.0505. The lowest BCUT2D eigenvalue weighted by Crippen LogP contribution is -2.28. The molecule has 0 amide bonds. The van der Waals surface area contributed by atoms with Gasteiger partial charge in [0, 0.05) is 18.7 Å². The first-order valence-electron chi connectivity index (χ1n) is 6.29. The maximum atomic E-state index is 12.2. The number of alkyl halides is 2. The van der Waals surface area contributed by atoms with E-state index in [1.807, 2.05) is 6.08 Å². The first kappa shape index (κ1) is 13.8. The predicted octanol–water partition coefficient (Wildman–Crippen LogP) is 3.07. The Bertz CT molecular complexity index is 424. The summed E-state index contributed by atoms with van der Waals surface area (Å²) in [5.74, 6) is 0.217. The van der Waals surface area contributed by atoms with Gasteiger partial charge in [-0.3, -0.25) is 0 Å². The van der Waals surface area contributed by atoms with Crippen LogP contribution in [0.3, 0.4) is 0 Å². The Kier molecular flexibility index (Phi) is 5.15. The molecule has 0 bridgehead atoms. The first-order valence-corrected chi connectivity index (χ1v) is 6.29. The van der Waals surface area contributed by atoms with Crippen LogP contribution in [0.1, 0.15) is 18.4 Å². The average molecular weight is 269 g/mol. The van der Waals surface area contributed by atoms with E-state index in [0.29, 0.717) is 18.7 Å². The third-order valence-corrected chi connectivity index (χ3v) is 2.90. The average Bonchev–Trinajstić information content (AvgIpc) is 2.41. The van der Waals surface area contributed by atoms with Crippen LogP contribution in [0, 0.1) is 0 Å². The summed E-state index contributed by atoms with van der Waals surface area (Å²) in [4.78, 5) is 0. The molecule has 2 rings (SSSR count). The number of ether oxygens (including phenoxy) is 2. The highest BCUT2D eigenvalue weighted by molar-refractivity contribution is 5.33. The number of nitrogens with one attached hydrogen (secondary N) is 1. The lowest BCUT2D eigenvalue weighted by Gasteiger charge is -2.20. The third-order valence-electron chi connectivity index (χ3n) is 2.90. The van der Waals surface area contributed by atoms with Gasteiger partial charge in [-0.05, 0) is 25.0 Å². The molecule has 1 N–H and O–H groups in total. The monoisotopic (exact) mass is 269 g/mol. The van der Waals surface area contributed by atoms with Gasteiger partial charge in [-0.2, -0.15) is 8.78 Å². The van der Waals surface area contributed by atoms with Crippen LogP contribution in [0.4, 0.5) is 8.78 Å². The fourth-order valence-electron chi connectivity index (χ4n) is 1.96. The molecular weight excluding hydrogens is 252 g/mol. The molecule has 1 aromatic rings. The molecule has 0 spiro atoms. The van der Waals surface area contributed by atoms with E-state index < -0.39 is 6.61 Å². The summed E-state index contributed by atoms with van der Waals surface area (Å²) < 4.78 is 34.4. The summed E-state index contributed by atoms with van der Waals surface area (Å²) in [6.07, 6.45) is 5.83. The van der Waals surface area contributed by atoms with Crippen molar-refractivity contribution in [3.63, 3.8) is 0 Å². The molecule has 5 heteroatoms. The molecule has 1 atom stereocenters. The molecule has 0 radical (unpaired) electrons. The SMILES string of the molecule is FC(F)Oc1ccccc1CNCC1CCC=CO1. The van der Waals surface area contributed by atoms with E-state index in [-0.39, 0.29) is 11.9 Å². The topological polar surface area (TPSA) is 30.5 Å². The number of benzene rings is 1. The number of hydrogen-bond donors (Lipinski definition) is 1. The van der Waals surface area contributed by atoms with Crippen LogP contribution in [0.5, 0.6) is 5.75 Å². The van der Waals surface area contributed by atoms with Gasteiger partial charge in [0.1, 0.15) is 11.9 Å². The minimum atomic E-state index is -2.80. The normalized spacial score (nSPS) is 18.4. The van der Waals surface area contributed by atoms with Gasteiger partial charge in [0.25, 0.3) is 0 Å². The Hall–Kier alpha value is -1.62. The van der Waals surface area contributed by atoms with Crippen molar-refractivity contribution in [3.05, 3.63) is 42.2 Å². The highest BCUT2D eigenvalue weighted by Gasteiger charge is 2.12. The second kappa shape index (κ2) is 7.09. The molecule has 104 valence electrons. The smallest absolute Gasteiger partial charge is 0.387 e. The molecule has 1 aromatic carbocycles. The van der Waals surface area contributed by atoms with Crippen LogP contribution in [0.15, 0.2) is 36.6 Å². The van der Waals surface area contributed by atoms with E-state index >= 15 is 0 Å². The van der Waals surface area contributed by atoms with Crippen LogP contribution < -0.4 is 10.1 Å². The molecule has 0 aromatic heterocycles. The number of rotatable bonds is 6. The number of hydrogen-bond acceptors (Lipinski definition) is 3. The van der Waals surface area contributed by atoms with Gasteiger partial charge in [0.2, 0.25) is 0 Å². The van der Waals surface area contributed by atoms with E-state index in [4.69, 9.17) is 4.74 Å². The number of halogens is 2. The standard InChI is InChI=1S/C14H17F2NO2/c15-14(16)19-13-7-2-1-5-11(13)9-17-10-12-6-3-4-8-18-12/h1-2,4-5,7-8,12,14,17H,3,6,9-10H2. The van der Waals surface area contributed by atoms with Crippen molar-refractivity contribution < 1.29 is 18.3 Å². The van der Waals surface area contributed by atoms with E-state index in [9.17, 15) is 8.78 Å². The minimum Gasteiger partial charge on any atom is -0.497 e. The van der Waals surface area contributed by atoms with Crippen molar-refractivity contribution in [3.8, 4) is 5.75 Å². The van der Waals surface area contributed by atoms with Crippen molar-refractivity contribution >= 4 is 0 Å². The van der Waals surface area contributed by atoms with Crippen LogP contribution in [0.25, 0.3) is 0 Å². The summed E-state index contributed by atoms with van der Waals surface area (Å²) in [6.45, 7) is -1.63. The zero-order valence-electron chi connectivity index (χ0n) is 10.5. The molecule has 19 heavy (non-hydrogen) atoms. The van der Waals surface area contributed by atoms with E-state index in [1.54, 1.807) is 30.5 Å². The summed E-state index contributed by atoms with van der Waals surface area (Å²) in [5.41, 5.74) is 0.717. The quantitative estimate of drug-likeness (QED) is 0.861. The van der Waals surface area contributed by atoms with Crippen LogP contribution in [-0.2, 0) is 11.3 Å². The van der Waals surface area contributed by atoms with Gasteiger partial charge in [-0.15, -0.1) is 0 Å². The molecule has 1 aliphatic rings. The summed E-state index contributed by atoms with van der Waals surface area (Å²) in [5, 5.41) is 3.20. The van der Waals surface area contributed by atoms with Gasteiger partial charge in [-0.25, -0.2) is 0 Å². The zero-order chi connectivity index (χ0) is 13.5. The Balaban J connectivity index is 1.83. The number of allylic oxidation sites excluding steroid dienone is 1. The van der Waals surface area contributed by atoms with Gasteiger partial charge < -0.3 is 14.8 Å². The van der Waals surface area contributed by atoms with Crippen molar-refractivity contribution in [2.24, 2.45) is 0 Å². The molecule has 1 unspecified atom stereocenters. The second-order valence-electron chi connectivity index (χ2n) is 4.32. The summed E-state index contributed by atoms with van der Waals surface area (Å²) >= 11 is 0. The molecule has 0 saturated heterocycles. The molecule has 0 aliphatic carbocycles. The van der Waals surface area contributed by atoms with Crippen molar-refractivity contribution in [2.75, 3.05) is 6.54 Å². The highest BCUT2D eigenvalue weighted by Crippen LogP contribution is 2.20. The minimum absolute atomic E-state index is 0.146. The maximum absolute atomic E-state index is 12.2. The predicted molar refractivity (Wildman–Crippen MR) is 68.0 cm³/mol. The molecule has 0 fully saturated rings. The Morgan fingerprint density at radius 3 is 2.95 bits per heavy atom. The molecule has 0 saturated carbocycles. The first-order chi connectivity index (χ1) is 9.25. The summed E-state index contributed by atoms with van der Waals surface area (Å²) in [7, 11) is 0. The van der Waals surface area contributed by atoms with Crippen molar-refractivity contribution in [2.45, 2.75) is 32.1 Å². The fraction of sp³-hybridized carbons (Fsp3) is 0.429. The Labute approximate surface area is 111 Å². The third kappa shape index (κ3) is 4.52. The van der Waals surface area contributed by atoms with Gasteiger partial charge in [-0.1, -0.05) is 18.2 Å². The second-order valence-corrected chi connectivity index (χ2v) is 4.32. The van der Waals surface area contributed by atoms with Crippen molar-refractivity contribution in [1.82, 2.24) is 5.32 Å². The molecule has 3 nitrogen and oxygen atoms in total. The lowest BCUT2D eigenvalue weighted by atomic mass is 10.1. The Morgan fingerprint density at radius 2 is 2.21 bits per heavy atom. The van der Waals surface area contributed by atoms with Crippen LogP contribution in [-0.4, -0.2) is 19.3 Å². The van der Waals surface area contributed by atoms with Crippen LogP contribution in [0.2, 0.25) is 0 Å². The van der Waals surface area contributed by atoms with Crippen molar-refractivity contribution in [1.29, 1.82) is 0 Å². The molecule has 1 heterocycles. The fourth-order valence-corrected chi connectivity index (χ4v) is 1.96. The number of para-hydroxylation sites is 1. The van der Waals surface area contributed by atoms with E-state index in [1.165, 1.54) is 0 Å². The van der Waals surface area contributed by atoms with Crippen LogP contribution >= 0.6 is 0 Å². The van der Waals surface area contributed by atoms with E-state index in [2.05, 4.69) is 10.1 Å². The zero-order valence-corrected chi connectivity index (χ0v) is 10.5. The van der Waals surface area contributed by atoms with Gasteiger partial charge in [0.05, 0.1) is 6.26 Å². The highest BCUT2D eigenvalue weighted by atomic mass is 19.3. The maximum Gasteiger partial charge on any atom is 0.387 e. The largest absolute Gasteiger partial charge is 0.497 e. The van der Waals surface area contributed by atoms with E-state index in [0.717, 1.165) is 12.8 Å². The van der Waals surface area contributed by atoms with Gasteiger partial charge in [0.15, 0.2) is 0 Å². The van der Waals surface area contributed by atoms with Gasteiger partial charge >= 0.3 is 6.61 Å². The molecule has 1 aliphatic heterocycles. The summed E-state index contributed by atoms with van der Waals surface area (Å²) in [6, 6.07) is 6.79. The molecular formula is C14H17F2NO2.